The summed E-state index contributed by atoms with van der Waals surface area (Å²) in [7, 11) is 1.70. The molecule has 6 nitrogen and oxygen atoms in total. The molecule has 1 aromatic heterocycles. The highest BCUT2D eigenvalue weighted by Crippen LogP contribution is 2.42. The number of hydrogen-bond donors (Lipinski definition) is 1. The largest absolute Gasteiger partial charge is 0.438 e. The Hall–Kier alpha value is -3.82. The summed E-state index contributed by atoms with van der Waals surface area (Å²) in [5.41, 5.74) is 1.39. The van der Waals surface area contributed by atoms with Crippen LogP contribution in [0.1, 0.15) is 61.9 Å². The van der Waals surface area contributed by atoms with Crippen molar-refractivity contribution in [2.24, 2.45) is 7.05 Å². The van der Waals surface area contributed by atoms with E-state index < -0.39 is 17.3 Å². The molecule has 0 unspecified atom stereocenters. The van der Waals surface area contributed by atoms with E-state index in [0.29, 0.717) is 24.9 Å². The molecule has 1 amide bonds. The second kappa shape index (κ2) is 10.0. The molecule has 0 radical (unpaired) electrons. The predicted molar refractivity (Wildman–Crippen MR) is 139 cm³/mol. The number of carbonyl (C=O) groups is 1. The van der Waals surface area contributed by atoms with Crippen molar-refractivity contribution >= 4 is 6.09 Å². The van der Waals surface area contributed by atoms with E-state index in [9.17, 15) is 14.7 Å². The van der Waals surface area contributed by atoms with Gasteiger partial charge in [-0.25, -0.2) is 4.79 Å². The maximum Gasteiger partial charge on any atom is 0.411 e. The van der Waals surface area contributed by atoms with Gasteiger partial charge in [0.15, 0.2) is 0 Å². The first-order valence-electron chi connectivity index (χ1n) is 12.1. The Balaban J connectivity index is 1.49. The smallest absolute Gasteiger partial charge is 0.411 e. The zero-order chi connectivity index (χ0) is 25.9. The first-order chi connectivity index (χ1) is 17.1. The van der Waals surface area contributed by atoms with Gasteiger partial charge in [-0.15, -0.1) is 0 Å². The fourth-order valence-corrected chi connectivity index (χ4v) is 4.69. The topological polar surface area (TPSA) is 71.8 Å². The molecule has 2 aromatic carbocycles. The van der Waals surface area contributed by atoms with E-state index in [0.717, 1.165) is 16.7 Å². The first-order valence-corrected chi connectivity index (χ1v) is 12.1. The van der Waals surface area contributed by atoms with E-state index in [-0.39, 0.29) is 11.6 Å². The van der Waals surface area contributed by atoms with Crippen LogP contribution in [0.3, 0.4) is 0 Å². The average molecular weight is 485 g/mol. The summed E-state index contributed by atoms with van der Waals surface area (Å²) in [6.07, 6.45) is 2.20. The summed E-state index contributed by atoms with van der Waals surface area (Å²) < 4.78 is 7.60. The maximum absolute atomic E-state index is 13.2. The minimum absolute atomic E-state index is 0.0989. The Bertz CT molecular complexity index is 1340. The van der Waals surface area contributed by atoms with Gasteiger partial charge in [-0.2, -0.15) is 0 Å². The third kappa shape index (κ3) is 5.69. The molecule has 6 heteroatoms. The van der Waals surface area contributed by atoms with E-state index in [1.54, 1.807) is 38.1 Å². The second-order valence-corrected chi connectivity index (χ2v) is 10.1. The average Bonchev–Trinajstić information content (AvgIpc) is 2.84. The van der Waals surface area contributed by atoms with Gasteiger partial charge in [0.2, 0.25) is 0 Å². The third-order valence-electron chi connectivity index (χ3n) is 6.61. The van der Waals surface area contributed by atoms with Crippen LogP contribution in [0, 0.1) is 11.8 Å². The number of cyclic esters (lactones) is 1. The minimum Gasteiger partial charge on any atom is -0.438 e. The monoisotopic (exact) mass is 484 g/mol. The van der Waals surface area contributed by atoms with Crippen LogP contribution in [0.25, 0.3) is 0 Å². The molecule has 1 aliphatic rings. The molecule has 1 aliphatic heterocycles. The Morgan fingerprint density at radius 1 is 1.03 bits per heavy atom. The molecule has 1 N–H and O–H groups in total. The van der Waals surface area contributed by atoms with Crippen LogP contribution in [-0.4, -0.2) is 32.8 Å². The highest BCUT2D eigenvalue weighted by Gasteiger charge is 2.46. The molecule has 3 aromatic rings. The lowest BCUT2D eigenvalue weighted by Gasteiger charge is -2.45. The number of hydrogen-bond acceptors (Lipinski definition) is 4. The van der Waals surface area contributed by atoms with Crippen molar-refractivity contribution in [1.29, 1.82) is 0 Å². The van der Waals surface area contributed by atoms with Crippen molar-refractivity contribution in [3.05, 3.63) is 106 Å². The van der Waals surface area contributed by atoms with Gasteiger partial charge in [0, 0.05) is 49.8 Å². The quantitative estimate of drug-likeness (QED) is 0.531. The Labute approximate surface area is 212 Å². The molecule has 4 rings (SSSR count). The number of nitrogens with zero attached hydrogens (tertiary/aromatic N) is 2. The highest BCUT2D eigenvalue weighted by atomic mass is 16.6. The van der Waals surface area contributed by atoms with Crippen LogP contribution in [0.2, 0.25) is 0 Å². The number of aliphatic hydroxyl groups is 1. The fraction of sp³-hybridized carbons (Fsp3) is 0.333. The van der Waals surface area contributed by atoms with Crippen LogP contribution in [0.5, 0.6) is 0 Å². The number of aryl methyl sites for hydroxylation is 1. The normalized spacial score (nSPS) is 18.7. The van der Waals surface area contributed by atoms with Crippen LogP contribution in [0.4, 0.5) is 4.79 Å². The highest BCUT2D eigenvalue weighted by molar-refractivity contribution is 5.70. The van der Waals surface area contributed by atoms with Gasteiger partial charge >= 0.3 is 6.09 Å². The van der Waals surface area contributed by atoms with E-state index in [2.05, 4.69) is 11.8 Å². The van der Waals surface area contributed by atoms with E-state index >= 15 is 0 Å². The van der Waals surface area contributed by atoms with Crippen LogP contribution in [-0.2, 0) is 17.4 Å². The standard InChI is InChI=1S/C30H32N2O4/c1-22(25-14-12-23(13-15-25)10-11-24-16-18-31(4)27(33)20-24)32-19-17-30(36-28(32)34,21-29(2,3)35)26-8-6-5-7-9-26/h5-9,12-16,18,20,22,35H,17,19,21H2,1-4H3/t22-,30-/m0/s1. The van der Waals surface area contributed by atoms with Gasteiger partial charge in [0.05, 0.1) is 11.6 Å². The molecule has 0 aliphatic carbocycles. The molecule has 1 saturated heterocycles. The fourth-order valence-electron chi connectivity index (χ4n) is 4.69. The predicted octanol–water partition coefficient (Wildman–Crippen LogP) is 4.74. The van der Waals surface area contributed by atoms with Crippen molar-refractivity contribution in [3.63, 3.8) is 0 Å². The summed E-state index contributed by atoms with van der Waals surface area (Å²) in [6, 6.07) is 20.6. The number of carbonyl (C=O) groups excluding carboxylic acids is 1. The molecular weight excluding hydrogens is 452 g/mol. The molecular formula is C30H32N2O4. The maximum atomic E-state index is 13.2. The lowest BCUT2D eigenvalue weighted by Crippen LogP contribution is -2.51. The first kappa shape index (κ1) is 25.3. The van der Waals surface area contributed by atoms with Gasteiger partial charge in [-0.1, -0.05) is 54.3 Å². The zero-order valence-corrected chi connectivity index (χ0v) is 21.2. The van der Waals surface area contributed by atoms with Crippen LogP contribution in [0.15, 0.2) is 77.7 Å². The molecule has 2 atom stereocenters. The Kier molecular flexibility index (Phi) is 7.05. The summed E-state index contributed by atoms with van der Waals surface area (Å²) in [4.78, 5) is 26.7. The van der Waals surface area contributed by atoms with Crippen molar-refractivity contribution in [1.82, 2.24) is 9.47 Å². The Morgan fingerprint density at radius 3 is 2.31 bits per heavy atom. The number of ether oxygens (including phenoxy) is 1. The number of amides is 1. The summed E-state index contributed by atoms with van der Waals surface area (Å²) in [5, 5.41) is 10.6. The third-order valence-corrected chi connectivity index (χ3v) is 6.61. The molecule has 0 spiro atoms. The number of benzene rings is 2. The van der Waals surface area contributed by atoms with Gasteiger partial charge in [-0.05, 0) is 50.1 Å². The van der Waals surface area contributed by atoms with Gasteiger partial charge < -0.3 is 19.3 Å². The minimum atomic E-state index is -0.993. The van der Waals surface area contributed by atoms with Crippen LogP contribution < -0.4 is 5.56 Å². The summed E-state index contributed by atoms with van der Waals surface area (Å²) in [5.74, 6) is 6.11. The number of pyridine rings is 1. The lowest BCUT2D eigenvalue weighted by atomic mass is 9.80. The molecule has 2 heterocycles. The van der Waals surface area contributed by atoms with Crippen LogP contribution >= 0.6 is 0 Å². The van der Waals surface area contributed by atoms with Gasteiger partial charge in [-0.3, -0.25) is 4.79 Å². The molecule has 36 heavy (non-hydrogen) atoms. The van der Waals surface area contributed by atoms with Crippen molar-refractivity contribution in [2.75, 3.05) is 6.54 Å². The van der Waals surface area contributed by atoms with E-state index in [1.807, 2.05) is 61.5 Å². The van der Waals surface area contributed by atoms with Gasteiger partial charge in [0.25, 0.3) is 5.56 Å². The molecule has 0 bridgehead atoms. The molecule has 0 saturated carbocycles. The van der Waals surface area contributed by atoms with Crippen molar-refractivity contribution < 1.29 is 14.6 Å². The number of rotatable bonds is 5. The molecule has 186 valence electrons. The van der Waals surface area contributed by atoms with Crippen molar-refractivity contribution in [3.8, 4) is 11.8 Å². The summed E-state index contributed by atoms with van der Waals surface area (Å²) in [6.45, 7) is 5.97. The zero-order valence-electron chi connectivity index (χ0n) is 21.2. The Morgan fingerprint density at radius 2 is 1.69 bits per heavy atom. The molecule has 1 fully saturated rings. The SMILES string of the molecule is C[C@@H](c1ccc(C#Cc2ccn(C)c(=O)c2)cc1)N1CC[C@](CC(C)(C)O)(c2ccccc2)OC1=O. The summed E-state index contributed by atoms with van der Waals surface area (Å²) >= 11 is 0. The van der Waals surface area contributed by atoms with Crippen molar-refractivity contribution in [2.45, 2.75) is 50.9 Å². The van der Waals surface area contributed by atoms with E-state index in [1.165, 1.54) is 10.6 Å². The number of aromatic nitrogens is 1. The second-order valence-electron chi connectivity index (χ2n) is 10.1. The van der Waals surface area contributed by atoms with E-state index in [4.69, 9.17) is 4.74 Å². The van der Waals surface area contributed by atoms with Gasteiger partial charge in [0.1, 0.15) is 5.60 Å². The lowest BCUT2D eigenvalue weighted by molar-refractivity contribution is -0.101.